The summed E-state index contributed by atoms with van der Waals surface area (Å²) in [6.07, 6.45) is 6.80. The second-order valence-electron chi connectivity index (χ2n) is 7.37. The quantitative estimate of drug-likeness (QED) is 0.608. The minimum absolute atomic E-state index is 0.615. The molecular formula is C22H29N3. The lowest BCUT2D eigenvalue weighted by Gasteiger charge is -2.17. The highest BCUT2D eigenvalue weighted by atomic mass is 15.3. The Morgan fingerprint density at radius 3 is 2.48 bits per heavy atom. The van der Waals surface area contributed by atoms with Gasteiger partial charge in [0.25, 0.3) is 0 Å². The summed E-state index contributed by atoms with van der Waals surface area (Å²) in [5, 5.41) is 11.7. The third kappa shape index (κ3) is 4.28. The van der Waals surface area contributed by atoms with E-state index >= 15 is 0 Å². The average Bonchev–Trinajstić information content (AvgIpc) is 3.08. The molecule has 0 amide bonds. The fourth-order valence-corrected chi connectivity index (χ4v) is 3.59. The van der Waals surface area contributed by atoms with Gasteiger partial charge in [0.2, 0.25) is 0 Å². The first-order chi connectivity index (χ1) is 12.2. The maximum absolute atomic E-state index is 4.46. The van der Waals surface area contributed by atoms with E-state index in [0.717, 1.165) is 36.7 Å². The Bertz CT molecular complexity index is 803. The van der Waals surface area contributed by atoms with Crippen LogP contribution in [0.4, 0.5) is 0 Å². The number of hydrogen-bond donors (Lipinski definition) is 1. The highest BCUT2D eigenvalue weighted by Gasteiger charge is 2.17. The molecule has 0 aliphatic carbocycles. The number of unbranched alkanes of at least 4 members (excludes halogenated alkanes) is 1. The van der Waals surface area contributed by atoms with Crippen molar-refractivity contribution in [3.05, 3.63) is 58.7 Å². The molecule has 0 fully saturated rings. The standard InChI is InChI=1S/C22H29N3/c1-4-5-11-19-18(13-12-17-9-7-6-8-10-17)15-21-22(24-25-23-21)20(19)14-16(2)3/h6-10,15-16H,4-5,11-14H2,1-3H3,(H,23,24,25). The van der Waals surface area contributed by atoms with Gasteiger partial charge >= 0.3 is 0 Å². The van der Waals surface area contributed by atoms with Crippen LogP contribution in [-0.2, 0) is 25.7 Å². The van der Waals surface area contributed by atoms with Crippen LogP contribution in [-0.4, -0.2) is 15.4 Å². The SMILES string of the molecule is CCCCc1c(CCc2ccccc2)cc2n[nH]nc2c1CC(C)C. The van der Waals surface area contributed by atoms with Crippen molar-refractivity contribution in [2.75, 3.05) is 0 Å². The number of H-pyrrole nitrogens is 1. The van der Waals surface area contributed by atoms with Crippen LogP contribution < -0.4 is 0 Å². The largest absolute Gasteiger partial charge is 0.197 e. The second-order valence-corrected chi connectivity index (χ2v) is 7.37. The molecule has 25 heavy (non-hydrogen) atoms. The lowest BCUT2D eigenvalue weighted by molar-refractivity contribution is 0.640. The van der Waals surface area contributed by atoms with Gasteiger partial charge < -0.3 is 0 Å². The van der Waals surface area contributed by atoms with E-state index < -0.39 is 0 Å². The molecule has 0 aliphatic heterocycles. The van der Waals surface area contributed by atoms with Gasteiger partial charge in [-0.15, -0.1) is 0 Å². The predicted molar refractivity (Wildman–Crippen MR) is 105 cm³/mol. The zero-order chi connectivity index (χ0) is 17.6. The number of fused-ring (bicyclic) bond motifs is 1. The van der Waals surface area contributed by atoms with Crippen molar-refractivity contribution in [2.45, 2.75) is 59.3 Å². The first-order valence-electron chi connectivity index (χ1n) is 9.57. The van der Waals surface area contributed by atoms with E-state index in [9.17, 15) is 0 Å². The molecular weight excluding hydrogens is 306 g/mol. The zero-order valence-electron chi connectivity index (χ0n) is 15.7. The Hall–Kier alpha value is -2.16. The molecule has 3 heteroatoms. The second kappa shape index (κ2) is 8.28. The van der Waals surface area contributed by atoms with Crippen LogP contribution in [0.1, 0.15) is 55.9 Å². The number of aryl methyl sites for hydroxylation is 2. The molecule has 0 unspecified atom stereocenters. The Kier molecular flexibility index (Phi) is 5.85. The van der Waals surface area contributed by atoms with Crippen molar-refractivity contribution in [2.24, 2.45) is 5.92 Å². The van der Waals surface area contributed by atoms with Crippen molar-refractivity contribution in [1.29, 1.82) is 0 Å². The minimum Gasteiger partial charge on any atom is -0.197 e. The van der Waals surface area contributed by atoms with E-state index in [-0.39, 0.29) is 0 Å². The van der Waals surface area contributed by atoms with E-state index in [2.05, 4.69) is 72.6 Å². The van der Waals surface area contributed by atoms with Gasteiger partial charge in [-0.2, -0.15) is 15.4 Å². The molecule has 0 radical (unpaired) electrons. The van der Waals surface area contributed by atoms with Gasteiger partial charge in [0.1, 0.15) is 11.0 Å². The summed E-state index contributed by atoms with van der Waals surface area (Å²) < 4.78 is 0. The number of benzene rings is 2. The molecule has 2 aromatic carbocycles. The van der Waals surface area contributed by atoms with Gasteiger partial charge in [0, 0.05) is 0 Å². The smallest absolute Gasteiger partial charge is 0.116 e. The molecule has 1 N–H and O–H groups in total. The highest BCUT2D eigenvalue weighted by molar-refractivity contribution is 5.80. The third-order valence-corrected chi connectivity index (χ3v) is 4.84. The fourth-order valence-electron chi connectivity index (χ4n) is 3.59. The summed E-state index contributed by atoms with van der Waals surface area (Å²) in [5.41, 5.74) is 7.87. The summed E-state index contributed by atoms with van der Waals surface area (Å²) >= 11 is 0. The van der Waals surface area contributed by atoms with E-state index in [1.165, 1.54) is 35.1 Å². The van der Waals surface area contributed by atoms with Gasteiger partial charge in [-0.3, -0.25) is 0 Å². The zero-order valence-corrected chi connectivity index (χ0v) is 15.7. The van der Waals surface area contributed by atoms with Gasteiger partial charge in [0.05, 0.1) is 0 Å². The normalized spacial score (nSPS) is 11.5. The average molecular weight is 335 g/mol. The third-order valence-electron chi connectivity index (χ3n) is 4.84. The number of rotatable bonds is 8. The van der Waals surface area contributed by atoms with Gasteiger partial charge in [-0.25, -0.2) is 0 Å². The first kappa shape index (κ1) is 17.7. The van der Waals surface area contributed by atoms with E-state index in [1.807, 2.05) is 0 Å². The Morgan fingerprint density at radius 1 is 0.960 bits per heavy atom. The number of hydrogen-bond acceptors (Lipinski definition) is 2. The van der Waals surface area contributed by atoms with E-state index in [0.29, 0.717) is 5.92 Å². The maximum Gasteiger partial charge on any atom is 0.116 e. The Labute approximate surface area is 150 Å². The molecule has 3 aromatic rings. The fraction of sp³-hybridized carbons (Fsp3) is 0.455. The summed E-state index contributed by atoms with van der Waals surface area (Å²) in [6, 6.07) is 13.0. The topological polar surface area (TPSA) is 41.6 Å². The van der Waals surface area contributed by atoms with Gasteiger partial charge in [0.15, 0.2) is 0 Å². The lowest BCUT2D eigenvalue weighted by Crippen LogP contribution is -2.06. The van der Waals surface area contributed by atoms with E-state index in [1.54, 1.807) is 0 Å². The van der Waals surface area contributed by atoms with Crippen molar-refractivity contribution in [3.8, 4) is 0 Å². The molecule has 0 aliphatic rings. The highest BCUT2D eigenvalue weighted by Crippen LogP contribution is 2.28. The molecule has 0 saturated carbocycles. The maximum atomic E-state index is 4.46. The van der Waals surface area contributed by atoms with Crippen molar-refractivity contribution in [3.63, 3.8) is 0 Å². The van der Waals surface area contributed by atoms with Crippen LogP contribution in [0, 0.1) is 5.92 Å². The summed E-state index contributed by atoms with van der Waals surface area (Å²) in [5.74, 6) is 0.615. The molecule has 0 saturated heterocycles. The number of nitrogens with one attached hydrogen (secondary N) is 1. The van der Waals surface area contributed by atoms with Crippen LogP contribution in [0.3, 0.4) is 0 Å². The Balaban J connectivity index is 1.99. The number of nitrogens with zero attached hydrogens (tertiary/aromatic N) is 2. The number of aromatic amines is 1. The molecule has 1 aromatic heterocycles. The monoisotopic (exact) mass is 335 g/mol. The summed E-state index contributed by atoms with van der Waals surface area (Å²) in [4.78, 5) is 0. The Morgan fingerprint density at radius 2 is 1.76 bits per heavy atom. The predicted octanol–water partition coefficient (Wildman–Crippen LogP) is 5.28. The van der Waals surface area contributed by atoms with Crippen molar-refractivity contribution >= 4 is 11.0 Å². The summed E-state index contributed by atoms with van der Waals surface area (Å²) in [7, 11) is 0. The molecule has 1 heterocycles. The molecule has 0 atom stereocenters. The minimum atomic E-state index is 0.615. The molecule has 0 spiro atoms. The molecule has 132 valence electrons. The van der Waals surface area contributed by atoms with E-state index in [4.69, 9.17) is 0 Å². The first-order valence-corrected chi connectivity index (χ1v) is 9.57. The van der Waals surface area contributed by atoms with Crippen molar-refractivity contribution in [1.82, 2.24) is 15.4 Å². The van der Waals surface area contributed by atoms with Crippen LogP contribution >= 0.6 is 0 Å². The summed E-state index contributed by atoms with van der Waals surface area (Å²) in [6.45, 7) is 6.83. The van der Waals surface area contributed by atoms with Gasteiger partial charge in [-0.1, -0.05) is 57.5 Å². The molecule has 3 nitrogen and oxygen atoms in total. The van der Waals surface area contributed by atoms with Crippen LogP contribution in [0.2, 0.25) is 0 Å². The molecule has 0 bridgehead atoms. The van der Waals surface area contributed by atoms with Gasteiger partial charge in [-0.05, 0) is 66.3 Å². The van der Waals surface area contributed by atoms with Crippen LogP contribution in [0.25, 0.3) is 11.0 Å². The lowest BCUT2D eigenvalue weighted by atomic mass is 9.88. The van der Waals surface area contributed by atoms with Crippen molar-refractivity contribution < 1.29 is 0 Å². The van der Waals surface area contributed by atoms with Crippen LogP contribution in [0.5, 0.6) is 0 Å². The molecule has 3 rings (SSSR count). The van der Waals surface area contributed by atoms with Crippen LogP contribution in [0.15, 0.2) is 36.4 Å². The number of aromatic nitrogens is 3.